The van der Waals surface area contributed by atoms with E-state index in [0.29, 0.717) is 5.56 Å². The maximum atomic E-state index is 10.6. The van der Waals surface area contributed by atoms with Crippen LogP contribution in [0.4, 0.5) is 0 Å². The Morgan fingerprint density at radius 2 is 1.57 bits per heavy atom. The van der Waals surface area contributed by atoms with Crippen LogP contribution in [-0.2, 0) is 5.41 Å². The molecule has 3 heteroatoms. The van der Waals surface area contributed by atoms with Gasteiger partial charge in [0, 0.05) is 37.7 Å². The van der Waals surface area contributed by atoms with Gasteiger partial charge in [0.25, 0.3) is 0 Å². The van der Waals surface area contributed by atoms with Gasteiger partial charge >= 0.3 is 5.97 Å². The average molecular weight is 218 g/mol. The molecule has 0 heterocycles. The van der Waals surface area contributed by atoms with E-state index in [1.165, 1.54) is 0 Å². The Hall–Kier alpha value is -0.0503. The van der Waals surface area contributed by atoms with Gasteiger partial charge in [0.2, 0.25) is 0 Å². The molecule has 1 aromatic carbocycles. The van der Waals surface area contributed by atoms with Gasteiger partial charge in [-0.05, 0) is 23.1 Å². The molecule has 0 spiro atoms. The average Bonchev–Trinajstić information content (AvgIpc) is 2.03. The molecule has 0 saturated carbocycles. The second-order valence-electron chi connectivity index (χ2n) is 4.13. The van der Waals surface area contributed by atoms with E-state index in [2.05, 4.69) is 20.8 Å². The summed E-state index contributed by atoms with van der Waals surface area (Å²) in [6, 6.07) is 7.01. The predicted molar refractivity (Wildman–Crippen MR) is 57.9 cm³/mol. The van der Waals surface area contributed by atoms with Crippen molar-refractivity contribution in [3.8, 4) is 0 Å². The summed E-state index contributed by atoms with van der Waals surface area (Å²) in [5.74, 6) is -0.875. The third kappa shape index (κ3) is 3.60. The number of carboxylic acids is 1. The summed E-state index contributed by atoms with van der Waals surface area (Å²) in [5.41, 5.74) is 1.57. The summed E-state index contributed by atoms with van der Waals surface area (Å²) in [6.07, 6.45) is 0. The molecule has 1 N–H and O–H groups in total. The summed E-state index contributed by atoms with van der Waals surface area (Å²) >= 11 is 0. The molecule has 2 nitrogen and oxygen atoms in total. The van der Waals surface area contributed by atoms with E-state index >= 15 is 0 Å². The maximum absolute atomic E-state index is 10.6. The number of hydrogen-bond acceptors (Lipinski definition) is 1. The van der Waals surface area contributed by atoms with Gasteiger partial charge in [-0.25, -0.2) is 4.79 Å². The number of hydrogen-bond donors (Lipinski definition) is 1. The van der Waals surface area contributed by atoms with E-state index in [-0.39, 0.29) is 43.2 Å². The first-order chi connectivity index (χ1) is 5.91. The van der Waals surface area contributed by atoms with Crippen molar-refractivity contribution in [1.29, 1.82) is 0 Å². The number of aromatic carboxylic acids is 1. The number of benzene rings is 1. The van der Waals surface area contributed by atoms with Crippen LogP contribution in [0.5, 0.6) is 0 Å². The molecular formula is C11H14CaO2. The SMILES string of the molecule is CC(C)(C)c1ccc(C(=O)O)cc1.[Ca]. The molecule has 0 aliphatic rings. The van der Waals surface area contributed by atoms with Crippen LogP contribution in [0.1, 0.15) is 36.7 Å². The largest absolute Gasteiger partial charge is 0.478 e. The quantitative estimate of drug-likeness (QED) is 0.734. The Morgan fingerprint density at radius 3 is 1.86 bits per heavy atom. The number of carboxylic acid groups (broad SMARTS) is 1. The third-order valence-electron chi connectivity index (χ3n) is 2.00. The minimum atomic E-state index is -0.875. The van der Waals surface area contributed by atoms with Crippen molar-refractivity contribution >= 4 is 43.7 Å². The van der Waals surface area contributed by atoms with Crippen LogP contribution in [0.25, 0.3) is 0 Å². The Balaban J connectivity index is 0.00000169. The van der Waals surface area contributed by atoms with Gasteiger partial charge in [-0.2, -0.15) is 0 Å². The van der Waals surface area contributed by atoms with E-state index in [4.69, 9.17) is 5.11 Å². The molecule has 0 aliphatic heterocycles. The number of carbonyl (C=O) groups is 1. The molecule has 72 valence electrons. The Labute approximate surface area is 114 Å². The molecule has 0 amide bonds. The summed E-state index contributed by atoms with van der Waals surface area (Å²) in [7, 11) is 0. The van der Waals surface area contributed by atoms with Crippen LogP contribution >= 0.6 is 0 Å². The van der Waals surface area contributed by atoms with Gasteiger partial charge in [0.15, 0.2) is 0 Å². The zero-order valence-electron chi connectivity index (χ0n) is 8.87. The molecule has 0 atom stereocenters. The Morgan fingerprint density at radius 1 is 1.14 bits per heavy atom. The number of rotatable bonds is 1. The second kappa shape index (κ2) is 5.15. The van der Waals surface area contributed by atoms with Crippen molar-refractivity contribution in [2.75, 3.05) is 0 Å². The molecule has 0 aromatic heterocycles. The van der Waals surface area contributed by atoms with Crippen LogP contribution in [0.2, 0.25) is 0 Å². The van der Waals surface area contributed by atoms with Crippen LogP contribution in [-0.4, -0.2) is 48.8 Å². The van der Waals surface area contributed by atoms with Gasteiger partial charge in [-0.15, -0.1) is 0 Å². The second-order valence-corrected chi connectivity index (χ2v) is 4.13. The molecule has 0 saturated heterocycles. The Bertz CT molecular complexity index is 309. The van der Waals surface area contributed by atoms with Gasteiger partial charge < -0.3 is 5.11 Å². The normalized spacial score (nSPS) is 10.5. The Kier molecular flexibility index (Phi) is 5.13. The molecule has 1 rings (SSSR count). The smallest absolute Gasteiger partial charge is 0.335 e. The third-order valence-corrected chi connectivity index (χ3v) is 2.00. The van der Waals surface area contributed by atoms with Crippen LogP contribution in [0.15, 0.2) is 24.3 Å². The van der Waals surface area contributed by atoms with Crippen LogP contribution in [0.3, 0.4) is 0 Å². The minimum Gasteiger partial charge on any atom is -0.478 e. The first-order valence-corrected chi connectivity index (χ1v) is 4.25. The van der Waals surface area contributed by atoms with Crippen molar-refractivity contribution in [3.05, 3.63) is 35.4 Å². The molecule has 2 radical (unpaired) electrons. The van der Waals surface area contributed by atoms with Gasteiger partial charge in [0.05, 0.1) is 5.56 Å². The van der Waals surface area contributed by atoms with Gasteiger partial charge in [-0.1, -0.05) is 32.9 Å². The zero-order chi connectivity index (χ0) is 10.1. The van der Waals surface area contributed by atoms with E-state index in [9.17, 15) is 4.79 Å². The predicted octanol–water partition coefficient (Wildman–Crippen LogP) is 2.30. The fourth-order valence-corrected chi connectivity index (χ4v) is 1.11. The summed E-state index contributed by atoms with van der Waals surface area (Å²) in [6.45, 7) is 6.30. The van der Waals surface area contributed by atoms with Gasteiger partial charge in [-0.3, -0.25) is 0 Å². The van der Waals surface area contributed by atoms with Crippen LogP contribution < -0.4 is 0 Å². The van der Waals surface area contributed by atoms with E-state index in [0.717, 1.165) is 5.56 Å². The maximum Gasteiger partial charge on any atom is 0.335 e. The summed E-state index contributed by atoms with van der Waals surface area (Å²) in [5, 5.41) is 8.68. The van der Waals surface area contributed by atoms with E-state index in [1.807, 2.05) is 12.1 Å². The monoisotopic (exact) mass is 218 g/mol. The van der Waals surface area contributed by atoms with Crippen molar-refractivity contribution in [1.82, 2.24) is 0 Å². The fraction of sp³-hybridized carbons (Fsp3) is 0.364. The van der Waals surface area contributed by atoms with E-state index in [1.54, 1.807) is 12.1 Å². The van der Waals surface area contributed by atoms with Crippen molar-refractivity contribution in [3.63, 3.8) is 0 Å². The van der Waals surface area contributed by atoms with Crippen molar-refractivity contribution in [2.45, 2.75) is 26.2 Å². The van der Waals surface area contributed by atoms with Crippen molar-refractivity contribution < 1.29 is 9.90 Å². The minimum absolute atomic E-state index is 0. The van der Waals surface area contributed by atoms with Crippen molar-refractivity contribution in [2.24, 2.45) is 0 Å². The fourth-order valence-electron chi connectivity index (χ4n) is 1.11. The molecule has 1 aromatic rings. The molecule has 0 unspecified atom stereocenters. The molecular weight excluding hydrogens is 204 g/mol. The summed E-state index contributed by atoms with van der Waals surface area (Å²) < 4.78 is 0. The van der Waals surface area contributed by atoms with Gasteiger partial charge in [0.1, 0.15) is 0 Å². The summed E-state index contributed by atoms with van der Waals surface area (Å²) in [4.78, 5) is 10.6. The standard InChI is InChI=1S/C11H14O2.Ca/c1-11(2,3)9-6-4-8(5-7-9)10(12)13;/h4-7H,1-3H3,(H,12,13);. The molecule has 0 fully saturated rings. The molecule has 0 aliphatic carbocycles. The van der Waals surface area contributed by atoms with E-state index < -0.39 is 5.97 Å². The molecule has 14 heavy (non-hydrogen) atoms. The first kappa shape index (κ1) is 13.9. The zero-order valence-corrected chi connectivity index (χ0v) is 11.1. The first-order valence-electron chi connectivity index (χ1n) is 4.25. The topological polar surface area (TPSA) is 37.3 Å². The molecule has 0 bridgehead atoms. The van der Waals surface area contributed by atoms with Crippen LogP contribution in [0, 0.1) is 0 Å².